The molecule has 1 heteroatoms. The first-order valence-electron chi connectivity index (χ1n) is 8.16. The van der Waals surface area contributed by atoms with Crippen LogP contribution in [0, 0.1) is 10.8 Å². The van der Waals surface area contributed by atoms with Crippen LogP contribution in [0.3, 0.4) is 0 Å². The molecular weight excluding hydrogens is 254 g/mol. The highest BCUT2D eigenvalue weighted by Crippen LogP contribution is 2.43. The highest BCUT2D eigenvalue weighted by Gasteiger charge is 2.34. The van der Waals surface area contributed by atoms with Gasteiger partial charge in [-0.15, -0.1) is 0 Å². The fourth-order valence-corrected chi connectivity index (χ4v) is 3.55. The molecule has 0 aromatic rings. The van der Waals surface area contributed by atoms with Crippen molar-refractivity contribution in [2.75, 3.05) is 7.05 Å². The first-order chi connectivity index (χ1) is 9.47. The Morgan fingerprint density at radius 3 is 1.67 bits per heavy atom. The molecule has 0 radical (unpaired) electrons. The van der Waals surface area contributed by atoms with Crippen molar-refractivity contribution < 1.29 is 0 Å². The summed E-state index contributed by atoms with van der Waals surface area (Å²) >= 11 is 0. The lowest BCUT2D eigenvalue weighted by Gasteiger charge is -2.39. The van der Waals surface area contributed by atoms with Crippen molar-refractivity contribution in [1.29, 1.82) is 0 Å². The van der Waals surface area contributed by atoms with Gasteiger partial charge in [-0.2, -0.15) is 0 Å². The Morgan fingerprint density at radius 2 is 1.33 bits per heavy atom. The normalized spacial score (nSPS) is 14.7. The van der Waals surface area contributed by atoms with Gasteiger partial charge in [0.05, 0.1) is 0 Å². The van der Waals surface area contributed by atoms with E-state index in [9.17, 15) is 0 Å². The highest BCUT2D eigenvalue weighted by atomic mass is 14.9. The van der Waals surface area contributed by atoms with E-state index in [1.807, 2.05) is 19.2 Å². The molecular formula is C20H37N. The van der Waals surface area contributed by atoms with E-state index < -0.39 is 0 Å². The lowest BCUT2D eigenvalue weighted by Crippen LogP contribution is -2.41. The molecule has 0 rings (SSSR count). The van der Waals surface area contributed by atoms with Gasteiger partial charge in [-0.25, -0.2) is 0 Å². The van der Waals surface area contributed by atoms with Crippen LogP contribution in [0.2, 0.25) is 0 Å². The monoisotopic (exact) mass is 291 g/mol. The van der Waals surface area contributed by atoms with Crippen LogP contribution in [-0.2, 0) is 0 Å². The van der Waals surface area contributed by atoms with Crippen LogP contribution in [0.1, 0.15) is 67.7 Å². The molecule has 0 aromatic heterocycles. The topological polar surface area (TPSA) is 12.0 Å². The van der Waals surface area contributed by atoms with E-state index in [0.717, 1.165) is 12.8 Å². The van der Waals surface area contributed by atoms with E-state index in [1.54, 1.807) is 0 Å². The van der Waals surface area contributed by atoms with Gasteiger partial charge in [-0.3, -0.25) is 0 Å². The summed E-state index contributed by atoms with van der Waals surface area (Å²) in [6, 6.07) is 0. The Balaban J connectivity index is 5.87. The summed E-state index contributed by atoms with van der Waals surface area (Å²) < 4.78 is 0. The molecule has 0 aliphatic heterocycles. The summed E-state index contributed by atoms with van der Waals surface area (Å²) in [5, 5.41) is 3.41. The number of hydrogen-bond donors (Lipinski definition) is 1. The largest absolute Gasteiger partial charge is 0.315 e. The van der Waals surface area contributed by atoms with Crippen LogP contribution in [-0.4, -0.2) is 12.6 Å². The minimum Gasteiger partial charge on any atom is -0.315 e. The maximum Gasteiger partial charge on any atom is 0.0130 e. The molecule has 0 fully saturated rings. The smallest absolute Gasteiger partial charge is 0.0130 e. The summed E-state index contributed by atoms with van der Waals surface area (Å²) in [4.78, 5) is 0. The van der Waals surface area contributed by atoms with E-state index >= 15 is 0 Å². The van der Waals surface area contributed by atoms with Gasteiger partial charge >= 0.3 is 0 Å². The van der Waals surface area contributed by atoms with Crippen molar-refractivity contribution in [1.82, 2.24) is 5.32 Å². The minimum atomic E-state index is 0.0583. The number of nitrogens with one attached hydrogen (secondary N) is 1. The van der Waals surface area contributed by atoms with Crippen LogP contribution in [0.5, 0.6) is 0 Å². The molecule has 122 valence electrons. The fourth-order valence-electron chi connectivity index (χ4n) is 3.55. The van der Waals surface area contributed by atoms with E-state index in [2.05, 4.69) is 66.9 Å². The average Bonchev–Trinajstić information content (AvgIpc) is 2.33. The van der Waals surface area contributed by atoms with E-state index in [4.69, 9.17) is 0 Å². The molecule has 1 nitrogen and oxygen atoms in total. The molecule has 0 aliphatic carbocycles. The van der Waals surface area contributed by atoms with E-state index in [-0.39, 0.29) is 16.4 Å². The molecule has 0 amide bonds. The standard InChI is InChI=1S/C20H37N/c1-11-14-18(4,5)16(12-2)17(13-3)19(6,7)15-20(8,9)21-10/h12-13,21H,2-3,11,14-15H2,1,4-10H3/b17-16-. The van der Waals surface area contributed by atoms with Crippen molar-refractivity contribution in [2.45, 2.75) is 73.3 Å². The van der Waals surface area contributed by atoms with Gasteiger partial charge in [-0.05, 0) is 55.7 Å². The predicted octanol–water partition coefficient (Wildman–Crippen LogP) is 5.90. The van der Waals surface area contributed by atoms with Crippen LogP contribution < -0.4 is 5.32 Å². The Morgan fingerprint density at radius 1 is 0.905 bits per heavy atom. The average molecular weight is 292 g/mol. The Hall–Kier alpha value is -0.820. The lowest BCUT2D eigenvalue weighted by molar-refractivity contribution is 0.268. The molecule has 0 atom stereocenters. The van der Waals surface area contributed by atoms with Gasteiger partial charge in [-0.1, -0.05) is 66.3 Å². The van der Waals surface area contributed by atoms with Crippen molar-refractivity contribution in [3.05, 3.63) is 36.5 Å². The van der Waals surface area contributed by atoms with E-state index in [0.29, 0.717) is 0 Å². The third-order valence-electron chi connectivity index (χ3n) is 4.59. The fraction of sp³-hybridized carbons (Fsp3) is 0.700. The van der Waals surface area contributed by atoms with Crippen molar-refractivity contribution in [2.24, 2.45) is 10.8 Å². The van der Waals surface area contributed by atoms with Crippen molar-refractivity contribution >= 4 is 0 Å². The molecule has 0 spiro atoms. The molecule has 0 bridgehead atoms. The van der Waals surface area contributed by atoms with Gasteiger partial charge in [0, 0.05) is 5.54 Å². The SMILES string of the molecule is C=C/C(=C(\C=C)C(C)(C)CC(C)(C)NC)C(C)(C)CCC. The number of allylic oxidation sites excluding steroid dienone is 4. The third kappa shape index (κ3) is 5.47. The highest BCUT2D eigenvalue weighted by molar-refractivity contribution is 5.39. The summed E-state index contributed by atoms with van der Waals surface area (Å²) in [6.45, 7) is 24.2. The van der Waals surface area contributed by atoms with Gasteiger partial charge in [0.25, 0.3) is 0 Å². The zero-order valence-corrected chi connectivity index (χ0v) is 15.7. The zero-order valence-electron chi connectivity index (χ0n) is 15.7. The number of hydrogen-bond acceptors (Lipinski definition) is 1. The third-order valence-corrected chi connectivity index (χ3v) is 4.59. The first kappa shape index (κ1) is 20.2. The molecule has 0 saturated carbocycles. The van der Waals surface area contributed by atoms with Gasteiger partial charge in [0.1, 0.15) is 0 Å². The Kier molecular flexibility index (Phi) is 7.15. The second-order valence-electron chi connectivity index (χ2n) is 8.06. The van der Waals surface area contributed by atoms with Gasteiger partial charge in [0.2, 0.25) is 0 Å². The molecule has 0 aromatic carbocycles. The van der Waals surface area contributed by atoms with Gasteiger partial charge in [0.15, 0.2) is 0 Å². The maximum atomic E-state index is 4.10. The molecule has 0 saturated heterocycles. The first-order valence-corrected chi connectivity index (χ1v) is 8.16. The molecule has 0 aliphatic rings. The summed E-state index contributed by atoms with van der Waals surface area (Å²) in [5.74, 6) is 0. The summed E-state index contributed by atoms with van der Waals surface area (Å²) in [5.41, 5.74) is 2.97. The zero-order chi connectivity index (χ0) is 16.9. The Bertz CT molecular complexity index is 394. The van der Waals surface area contributed by atoms with E-state index in [1.165, 1.54) is 17.6 Å². The Labute approximate surface area is 133 Å². The minimum absolute atomic E-state index is 0.0583. The van der Waals surface area contributed by atoms with Crippen molar-refractivity contribution in [3.8, 4) is 0 Å². The molecule has 0 unspecified atom stereocenters. The maximum absolute atomic E-state index is 4.10. The molecule has 21 heavy (non-hydrogen) atoms. The quantitative estimate of drug-likeness (QED) is 0.522. The summed E-state index contributed by atoms with van der Waals surface area (Å²) in [6.07, 6.45) is 7.48. The van der Waals surface area contributed by atoms with Gasteiger partial charge < -0.3 is 5.32 Å². The lowest BCUT2D eigenvalue weighted by atomic mass is 9.68. The summed E-state index contributed by atoms with van der Waals surface area (Å²) in [7, 11) is 2.03. The molecule has 0 heterocycles. The van der Waals surface area contributed by atoms with Crippen LogP contribution in [0.15, 0.2) is 36.5 Å². The van der Waals surface area contributed by atoms with Crippen LogP contribution in [0.4, 0.5) is 0 Å². The van der Waals surface area contributed by atoms with Crippen molar-refractivity contribution in [3.63, 3.8) is 0 Å². The van der Waals surface area contributed by atoms with Crippen LogP contribution >= 0.6 is 0 Å². The second-order valence-corrected chi connectivity index (χ2v) is 8.06. The number of rotatable bonds is 9. The van der Waals surface area contributed by atoms with Crippen LogP contribution in [0.25, 0.3) is 0 Å². The predicted molar refractivity (Wildman–Crippen MR) is 97.6 cm³/mol. The molecule has 1 N–H and O–H groups in total. The second kappa shape index (κ2) is 7.45.